The second kappa shape index (κ2) is 5.49. The molecule has 0 saturated carbocycles. The van der Waals surface area contributed by atoms with E-state index in [2.05, 4.69) is 11.9 Å². The maximum atomic E-state index is 11.9. The van der Waals surface area contributed by atoms with Gasteiger partial charge >= 0.3 is 0 Å². The third-order valence-corrected chi connectivity index (χ3v) is 2.87. The number of methoxy groups -OCH3 is 1. The van der Waals surface area contributed by atoms with Crippen LogP contribution in [-0.2, 0) is 12.8 Å². The number of ether oxygens (including phenoxy) is 1. The number of hydrogen-bond acceptors (Lipinski definition) is 3. The summed E-state index contributed by atoms with van der Waals surface area (Å²) in [6.45, 7) is 2.07. The lowest BCUT2D eigenvalue weighted by Crippen LogP contribution is -2.11. The molecule has 0 amide bonds. The molecule has 0 fully saturated rings. The third kappa shape index (κ3) is 2.59. The molecule has 0 saturated heterocycles. The summed E-state index contributed by atoms with van der Waals surface area (Å²) in [4.78, 5) is 15.8. The first kappa shape index (κ1) is 12.4. The lowest BCUT2D eigenvalue weighted by molar-refractivity contribution is 0.0914. The summed E-state index contributed by atoms with van der Waals surface area (Å²) >= 11 is 0. The van der Waals surface area contributed by atoms with Gasteiger partial charge in [-0.1, -0.05) is 19.1 Å². The van der Waals surface area contributed by atoms with Crippen molar-refractivity contribution >= 4 is 5.91 Å². The van der Waals surface area contributed by atoms with Gasteiger partial charge < -0.3 is 4.74 Å². The van der Waals surface area contributed by atoms with Crippen molar-refractivity contribution in [1.29, 1.82) is 0 Å². The van der Waals surface area contributed by atoms with Crippen LogP contribution < -0.4 is 4.74 Å². The van der Waals surface area contributed by atoms with Crippen LogP contribution in [-0.4, -0.2) is 22.6 Å². The number of aryl methyl sites for hydroxylation is 1. The van der Waals surface area contributed by atoms with Gasteiger partial charge in [0.2, 0.25) is 5.91 Å². The summed E-state index contributed by atoms with van der Waals surface area (Å²) in [6, 6.07) is 5.86. The molecule has 0 unspecified atom stereocenters. The van der Waals surface area contributed by atoms with Gasteiger partial charge in [0.25, 0.3) is 0 Å². The molecule has 0 atom stereocenters. The second-order valence-corrected chi connectivity index (χ2v) is 4.04. The fourth-order valence-corrected chi connectivity index (χ4v) is 1.89. The maximum absolute atomic E-state index is 11.9. The van der Waals surface area contributed by atoms with Crippen molar-refractivity contribution in [2.45, 2.75) is 19.8 Å². The number of nitrogens with zero attached hydrogens (tertiary/aromatic N) is 2. The highest BCUT2D eigenvalue weighted by Crippen LogP contribution is 2.20. The molecule has 0 bridgehead atoms. The molecule has 1 heterocycles. The Labute approximate surface area is 106 Å². The van der Waals surface area contributed by atoms with Crippen molar-refractivity contribution in [3.8, 4) is 5.75 Å². The minimum absolute atomic E-state index is 0.0136. The molecule has 0 spiro atoms. The maximum Gasteiger partial charge on any atom is 0.236 e. The number of benzene rings is 1. The predicted molar refractivity (Wildman–Crippen MR) is 68.9 cm³/mol. The Bertz CT molecular complexity index is 533. The van der Waals surface area contributed by atoms with Gasteiger partial charge in [-0.15, -0.1) is 0 Å². The van der Waals surface area contributed by atoms with Gasteiger partial charge in [0.15, 0.2) is 0 Å². The van der Waals surface area contributed by atoms with Gasteiger partial charge in [0.1, 0.15) is 12.1 Å². The quantitative estimate of drug-likeness (QED) is 0.829. The molecule has 2 aromatic rings. The summed E-state index contributed by atoms with van der Waals surface area (Å²) < 4.78 is 6.76. The Hall–Kier alpha value is -2.10. The van der Waals surface area contributed by atoms with E-state index in [1.165, 1.54) is 10.9 Å². The van der Waals surface area contributed by atoms with E-state index in [1.807, 2.05) is 18.2 Å². The highest BCUT2D eigenvalue weighted by molar-refractivity contribution is 5.81. The number of imidazole rings is 1. The zero-order valence-corrected chi connectivity index (χ0v) is 10.6. The van der Waals surface area contributed by atoms with Crippen LogP contribution >= 0.6 is 0 Å². The molecule has 0 aliphatic heterocycles. The van der Waals surface area contributed by atoms with Crippen molar-refractivity contribution < 1.29 is 9.53 Å². The van der Waals surface area contributed by atoms with Crippen molar-refractivity contribution in [3.63, 3.8) is 0 Å². The Morgan fingerprint density at radius 3 is 2.89 bits per heavy atom. The molecule has 0 radical (unpaired) electrons. The van der Waals surface area contributed by atoms with Crippen LogP contribution in [0.4, 0.5) is 0 Å². The van der Waals surface area contributed by atoms with Gasteiger partial charge in [-0.25, -0.2) is 4.98 Å². The normalized spacial score (nSPS) is 10.3. The highest BCUT2D eigenvalue weighted by Gasteiger charge is 2.08. The van der Waals surface area contributed by atoms with Crippen molar-refractivity contribution in [2.75, 3.05) is 7.11 Å². The van der Waals surface area contributed by atoms with E-state index in [4.69, 9.17) is 4.74 Å². The van der Waals surface area contributed by atoms with E-state index >= 15 is 0 Å². The first-order chi connectivity index (χ1) is 8.74. The lowest BCUT2D eigenvalue weighted by atomic mass is 10.0. The van der Waals surface area contributed by atoms with E-state index in [9.17, 15) is 4.79 Å². The Morgan fingerprint density at radius 1 is 1.44 bits per heavy atom. The summed E-state index contributed by atoms with van der Waals surface area (Å²) in [5.41, 5.74) is 2.11. The monoisotopic (exact) mass is 244 g/mol. The molecular formula is C14H16N2O2. The van der Waals surface area contributed by atoms with E-state index < -0.39 is 0 Å². The molecule has 4 nitrogen and oxygen atoms in total. The van der Waals surface area contributed by atoms with Crippen LogP contribution in [0.3, 0.4) is 0 Å². The van der Waals surface area contributed by atoms with E-state index in [1.54, 1.807) is 19.5 Å². The number of carbonyl (C=O) groups is 1. The van der Waals surface area contributed by atoms with Crippen molar-refractivity contribution in [3.05, 3.63) is 48.0 Å². The second-order valence-electron chi connectivity index (χ2n) is 4.04. The summed E-state index contributed by atoms with van der Waals surface area (Å²) in [6.07, 6.45) is 6.03. The first-order valence-electron chi connectivity index (χ1n) is 5.91. The molecule has 2 rings (SSSR count). The number of aromatic nitrogens is 2. The fourth-order valence-electron chi connectivity index (χ4n) is 1.89. The van der Waals surface area contributed by atoms with Crippen LogP contribution in [0.15, 0.2) is 36.9 Å². The van der Waals surface area contributed by atoms with Crippen LogP contribution in [0.25, 0.3) is 0 Å². The number of carbonyl (C=O) groups excluding carboxylic acids is 1. The van der Waals surface area contributed by atoms with Gasteiger partial charge in [-0.3, -0.25) is 9.36 Å². The van der Waals surface area contributed by atoms with Crippen LogP contribution in [0.5, 0.6) is 5.75 Å². The summed E-state index contributed by atoms with van der Waals surface area (Å²) in [5, 5.41) is 0. The SMILES string of the molecule is CCc1cc(CC(=O)n2ccnc2)ccc1OC. The largest absolute Gasteiger partial charge is 0.496 e. The van der Waals surface area contributed by atoms with E-state index in [0.29, 0.717) is 6.42 Å². The van der Waals surface area contributed by atoms with Crippen LogP contribution in [0.2, 0.25) is 0 Å². The van der Waals surface area contributed by atoms with Crippen LogP contribution in [0, 0.1) is 0 Å². The molecule has 0 aliphatic carbocycles. The van der Waals surface area contributed by atoms with E-state index in [-0.39, 0.29) is 5.91 Å². The van der Waals surface area contributed by atoms with E-state index in [0.717, 1.165) is 23.3 Å². The van der Waals surface area contributed by atoms with Gasteiger partial charge in [0.05, 0.1) is 13.5 Å². The smallest absolute Gasteiger partial charge is 0.236 e. The Kier molecular flexibility index (Phi) is 3.77. The minimum atomic E-state index is 0.0136. The predicted octanol–water partition coefficient (Wildman–Crippen LogP) is 2.34. The molecule has 1 aromatic carbocycles. The molecule has 4 heteroatoms. The van der Waals surface area contributed by atoms with Crippen LogP contribution in [0.1, 0.15) is 22.8 Å². The summed E-state index contributed by atoms with van der Waals surface area (Å²) in [7, 11) is 1.66. The molecule has 94 valence electrons. The van der Waals surface area contributed by atoms with Gasteiger partial charge in [-0.05, 0) is 23.6 Å². The Balaban J connectivity index is 2.17. The number of rotatable bonds is 4. The zero-order chi connectivity index (χ0) is 13.0. The summed E-state index contributed by atoms with van der Waals surface area (Å²) in [5.74, 6) is 0.885. The zero-order valence-electron chi connectivity index (χ0n) is 10.6. The minimum Gasteiger partial charge on any atom is -0.496 e. The number of hydrogen-bond donors (Lipinski definition) is 0. The topological polar surface area (TPSA) is 44.1 Å². The average Bonchev–Trinajstić information content (AvgIpc) is 2.92. The van der Waals surface area contributed by atoms with Gasteiger partial charge in [0, 0.05) is 12.4 Å². The Morgan fingerprint density at radius 2 is 2.28 bits per heavy atom. The molecule has 0 aliphatic rings. The fraction of sp³-hybridized carbons (Fsp3) is 0.286. The average molecular weight is 244 g/mol. The third-order valence-electron chi connectivity index (χ3n) is 2.87. The van der Waals surface area contributed by atoms with Gasteiger partial charge in [-0.2, -0.15) is 0 Å². The first-order valence-corrected chi connectivity index (χ1v) is 5.91. The molecule has 1 aromatic heterocycles. The lowest BCUT2D eigenvalue weighted by Gasteiger charge is -2.09. The van der Waals surface area contributed by atoms with Crippen molar-refractivity contribution in [1.82, 2.24) is 9.55 Å². The molecule has 0 N–H and O–H groups in total. The standard InChI is InChI=1S/C14H16N2O2/c1-3-12-8-11(4-5-13(12)18-2)9-14(17)16-7-6-15-10-16/h4-8,10H,3,9H2,1-2H3. The van der Waals surface area contributed by atoms with Crippen molar-refractivity contribution in [2.24, 2.45) is 0 Å². The molecular weight excluding hydrogens is 228 g/mol. The highest BCUT2D eigenvalue weighted by atomic mass is 16.5. The molecule has 18 heavy (non-hydrogen) atoms.